The number of hydrogen-bond acceptors (Lipinski definition) is 17. The van der Waals surface area contributed by atoms with Crippen molar-refractivity contribution in [3.8, 4) is 11.5 Å². The molecule has 8 aromatic rings. The molecule has 0 unspecified atom stereocenters. The normalized spacial score (nSPS) is 10.8. The van der Waals surface area contributed by atoms with Crippen molar-refractivity contribution in [3.05, 3.63) is 188 Å². The summed E-state index contributed by atoms with van der Waals surface area (Å²) in [5.74, 6) is -1.89. The fourth-order valence-corrected chi connectivity index (χ4v) is 11.0. The van der Waals surface area contributed by atoms with Crippen molar-refractivity contribution >= 4 is 101 Å². The number of anilines is 4. The molecule has 0 saturated heterocycles. The van der Waals surface area contributed by atoms with Gasteiger partial charge in [-0.3, -0.25) is 20.2 Å². The molecule has 0 fully saturated rings. The molecule has 4 aromatic carbocycles. The minimum Gasteiger partial charge on any atom is -0.496 e. The largest absolute Gasteiger partial charge is 0.496 e. The number of carboxylic acid groups (broad SMARTS) is 2. The van der Waals surface area contributed by atoms with Crippen molar-refractivity contribution in [2.45, 2.75) is 35.4 Å². The number of thiazole rings is 2. The highest BCUT2D eigenvalue weighted by Crippen LogP contribution is 2.31. The minimum atomic E-state index is -3.88. The molecule has 20 nitrogen and oxygen atoms in total. The number of nitrogens with zero attached hydrogens (tertiary/aromatic N) is 4. The number of carbonyl (C=O) groups is 6. The second kappa shape index (κ2) is 24.9. The van der Waals surface area contributed by atoms with Crippen LogP contribution in [0.15, 0.2) is 144 Å². The maximum atomic E-state index is 13.3. The highest BCUT2D eigenvalue weighted by atomic mass is 32.2. The van der Waals surface area contributed by atoms with E-state index in [1.54, 1.807) is 91.1 Å². The van der Waals surface area contributed by atoms with Gasteiger partial charge in [0.1, 0.15) is 11.5 Å². The Morgan fingerprint density at radius 1 is 0.553 bits per heavy atom. The molecule has 76 heavy (non-hydrogen) atoms. The third-order valence-corrected chi connectivity index (χ3v) is 15.3. The van der Waals surface area contributed by atoms with Gasteiger partial charge in [-0.15, -0.1) is 34.4 Å². The first-order chi connectivity index (χ1) is 36.4. The Morgan fingerprint density at radius 2 is 1.03 bits per heavy atom. The zero-order chi connectivity index (χ0) is 54.5. The van der Waals surface area contributed by atoms with Gasteiger partial charge in [-0.05, 0) is 86.6 Å². The van der Waals surface area contributed by atoms with Gasteiger partial charge in [0.2, 0.25) is 9.84 Å². The Balaban J connectivity index is 0.000000221. The van der Waals surface area contributed by atoms with Crippen LogP contribution < -0.4 is 30.7 Å². The number of hydrogen-bond donors (Lipinski definition) is 6. The third kappa shape index (κ3) is 14.3. The summed E-state index contributed by atoms with van der Waals surface area (Å²) in [6, 6.07) is 28.1. The molecule has 0 saturated carbocycles. The second-order valence-electron chi connectivity index (χ2n) is 16.0. The number of carbonyl (C=O) groups excluding carboxylic acids is 4. The quantitative estimate of drug-likeness (QED) is 0.0344. The standard InChI is InChI=1S/C26H22N4O7S2.C26H22N4O5S2/c1-15-7-9-20(19(11-15)23(31)18-5-3-4-6-21(18)37-2)29-25(34)30-26-28-13-17(38-26)14-39(35,36)22-10-8-16(12-27-22)24(32)33;1-15-7-9-20(19(11-15)23(31)18-5-3-4-6-21(18)35-2)29-25(34)30-26-28-13-17(37-26)14-36-22-10-8-16(12-27-22)24(32)33/h3-13H,14H2,1-2H3,(H,32,33)(H2,28,29,30,34);3-13H,14H2,1-2H3,(H,32,33)(H2,28,29,30,34). The maximum absolute atomic E-state index is 13.3. The molecule has 8 rings (SSSR count). The first-order valence-electron chi connectivity index (χ1n) is 22.3. The van der Waals surface area contributed by atoms with Crippen molar-refractivity contribution in [1.82, 2.24) is 19.9 Å². The lowest BCUT2D eigenvalue weighted by atomic mass is 9.99. The van der Waals surface area contributed by atoms with Crippen molar-refractivity contribution in [1.29, 1.82) is 0 Å². The van der Waals surface area contributed by atoms with E-state index in [1.807, 2.05) is 19.9 Å². The van der Waals surface area contributed by atoms with Crippen LogP contribution in [0.1, 0.15) is 73.4 Å². The molecule has 4 aromatic heterocycles. The molecule has 0 aliphatic rings. The Bertz CT molecular complexity index is 3590. The number of ketones is 2. The number of aromatic carboxylic acids is 2. The van der Waals surface area contributed by atoms with E-state index in [9.17, 15) is 37.2 Å². The van der Waals surface area contributed by atoms with Gasteiger partial charge < -0.3 is 30.3 Å². The Labute approximate surface area is 446 Å². The third-order valence-electron chi connectivity index (χ3n) is 10.6. The molecule has 4 amide bonds. The van der Waals surface area contributed by atoms with Crippen LogP contribution >= 0.6 is 34.4 Å². The Morgan fingerprint density at radius 3 is 1.49 bits per heavy atom. The molecule has 0 bridgehead atoms. The molecular formula is C52H44N8O12S4. The van der Waals surface area contributed by atoms with E-state index in [0.717, 1.165) is 45.7 Å². The predicted molar refractivity (Wildman–Crippen MR) is 288 cm³/mol. The first-order valence-corrected chi connectivity index (χ1v) is 26.5. The van der Waals surface area contributed by atoms with Gasteiger partial charge >= 0.3 is 24.0 Å². The van der Waals surface area contributed by atoms with Gasteiger partial charge in [-0.2, -0.15) is 0 Å². The van der Waals surface area contributed by atoms with Crippen LogP contribution in [0.5, 0.6) is 11.5 Å². The fourth-order valence-electron chi connectivity index (χ4n) is 6.92. The average Bonchev–Trinajstić information content (AvgIpc) is 4.06. The van der Waals surface area contributed by atoms with Crippen molar-refractivity contribution < 1.29 is 56.9 Å². The number of amides is 4. The molecule has 24 heteroatoms. The van der Waals surface area contributed by atoms with Gasteiger partial charge in [0.15, 0.2) is 26.9 Å². The molecule has 388 valence electrons. The van der Waals surface area contributed by atoms with E-state index in [2.05, 4.69) is 41.2 Å². The predicted octanol–water partition coefficient (Wildman–Crippen LogP) is 10.1. The number of pyridine rings is 2. The number of sulfone groups is 1. The maximum Gasteiger partial charge on any atom is 0.337 e. The van der Waals surface area contributed by atoms with E-state index < -0.39 is 39.6 Å². The van der Waals surface area contributed by atoms with Crippen LogP contribution in [0.25, 0.3) is 0 Å². The van der Waals surface area contributed by atoms with Gasteiger partial charge in [-0.25, -0.2) is 47.5 Å². The van der Waals surface area contributed by atoms with Crippen molar-refractivity contribution in [2.75, 3.05) is 35.5 Å². The molecule has 0 atom stereocenters. The van der Waals surface area contributed by atoms with Crippen LogP contribution in [0.4, 0.5) is 31.2 Å². The number of aromatic nitrogens is 4. The lowest BCUT2D eigenvalue weighted by molar-refractivity contribution is 0.0685. The van der Waals surface area contributed by atoms with E-state index in [0.29, 0.717) is 54.7 Å². The lowest BCUT2D eigenvalue weighted by Crippen LogP contribution is -2.21. The molecule has 0 spiro atoms. The summed E-state index contributed by atoms with van der Waals surface area (Å²) in [6.45, 7) is 3.69. The van der Waals surface area contributed by atoms with Crippen LogP contribution in [0.2, 0.25) is 0 Å². The number of nitrogens with one attached hydrogen (secondary N) is 4. The summed E-state index contributed by atoms with van der Waals surface area (Å²) >= 11 is 3.68. The smallest absolute Gasteiger partial charge is 0.337 e. The molecular weight excluding hydrogens is 1060 g/mol. The van der Waals surface area contributed by atoms with E-state index in [1.165, 1.54) is 55.8 Å². The molecule has 4 heterocycles. The van der Waals surface area contributed by atoms with E-state index in [4.69, 9.17) is 19.7 Å². The topological polar surface area (TPSA) is 295 Å². The number of benzene rings is 4. The monoisotopic (exact) mass is 1100 g/mol. The Hall–Kier alpha value is -8.84. The molecule has 0 aliphatic heterocycles. The molecule has 0 aliphatic carbocycles. The minimum absolute atomic E-state index is 0.126. The summed E-state index contributed by atoms with van der Waals surface area (Å²) in [6.07, 6.45) is 5.25. The highest BCUT2D eigenvalue weighted by molar-refractivity contribution is 7.98. The summed E-state index contributed by atoms with van der Waals surface area (Å²) in [4.78, 5) is 91.3. The summed E-state index contributed by atoms with van der Waals surface area (Å²) in [7, 11) is -0.913. The second-order valence-corrected chi connectivity index (χ2v) is 21.2. The SMILES string of the molecule is COc1ccccc1C(=O)c1cc(C)ccc1NC(=O)Nc1ncc(CS(=O)(=O)c2ccc(C(=O)O)cn2)s1.COc1ccccc1C(=O)c1cc(C)ccc1NC(=O)Nc1ncc(CSc2ccc(C(=O)O)cn2)s1. The number of rotatable bonds is 18. The van der Waals surface area contributed by atoms with E-state index >= 15 is 0 Å². The molecule has 6 N–H and O–H groups in total. The highest BCUT2D eigenvalue weighted by Gasteiger charge is 2.23. The number of thioether (sulfide) groups is 1. The molecule has 0 radical (unpaired) electrons. The summed E-state index contributed by atoms with van der Waals surface area (Å²) < 4.78 is 36.0. The number of methoxy groups -OCH3 is 2. The van der Waals surface area contributed by atoms with Gasteiger partial charge in [0.05, 0.1) is 58.6 Å². The number of aryl methyl sites for hydroxylation is 2. The zero-order valence-electron chi connectivity index (χ0n) is 40.5. The van der Waals surface area contributed by atoms with Gasteiger partial charge in [0, 0.05) is 51.4 Å². The zero-order valence-corrected chi connectivity index (χ0v) is 43.8. The van der Waals surface area contributed by atoms with Crippen molar-refractivity contribution in [2.24, 2.45) is 0 Å². The van der Waals surface area contributed by atoms with Gasteiger partial charge in [0.25, 0.3) is 0 Å². The number of carboxylic acids is 2. The van der Waals surface area contributed by atoms with Crippen LogP contribution in [-0.4, -0.2) is 88.4 Å². The Kier molecular flexibility index (Phi) is 18.0. The van der Waals surface area contributed by atoms with Crippen molar-refractivity contribution in [3.63, 3.8) is 0 Å². The van der Waals surface area contributed by atoms with Crippen LogP contribution in [-0.2, 0) is 21.3 Å². The fraction of sp³-hybridized carbons (Fsp3) is 0.115. The number of para-hydroxylation sites is 2. The summed E-state index contributed by atoms with van der Waals surface area (Å²) in [5, 5.41) is 29.5. The van der Waals surface area contributed by atoms with Crippen LogP contribution in [0, 0.1) is 13.8 Å². The average molecular weight is 1100 g/mol. The summed E-state index contributed by atoms with van der Waals surface area (Å²) in [5.41, 5.74) is 3.66. The number of urea groups is 2. The first kappa shape index (κ1) is 54.9. The number of ether oxygens (including phenoxy) is 2. The lowest BCUT2D eigenvalue weighted by Gasteiger charge is -2.13. The van der Waals surface area contributed by atoms with E-state index in [-0.39, 0.29) is 44.1 Å². The van der Waals surface area contributed by atoms with Crippen LogP contribution in [0.3, 0.4) is 0 Å². The van der Waals surface area contributed by atoms with Gasteiger partial charge in [-0.1, -0.05) is 47.5 Å².